The Hall–Kier alpha value is -2.62. The minimum Gasteiger partial charge on any atom is -0.494 e. The molecule has 4 nitrogen and oxygen atoms in total. The van der Waals surface area contributed by atoms with Crippen LogP contribution in [0.3, 0.4) is 0 Å². The summed E-state index contributed by atoms with van der Waals surface area (Å²) in [4.78, 5) is 23.4. The molecule has 0 aliphatic heterocycles. The lowest BCUT2D eigenvalue weighted by Crippen LogP contribution is -2.21. The maximum Gasteiger partial charge on any atom is 0.304 e. The average molecular weight is 298 g/mol. The molecule has 0 saturated carbocycles. The lowest BCUT2D eigenvalue weighted by Gasteiger charge is -2.14. The third-order valence-corrected chi connectivity index (χ3v) is 3.33. The molecule has 0 aliphatic carbocycles. The highest BCUT2D eigenvalue weighted by molar-refractivity contribution is 5.99. The van der Waals surface area contributed by atoms with Gasteiger partial charge in [0.15, 0.2) is 5.78 Å². The van der Waals surface area contributed by atoms with Gasteiger partial charge in [0.25, 0.3) is 0 Å². The fraction of sp³-hybridized carbons (Fsp3) is 0.222. The van der Waals surface area contributed by atoms with E-state index in [9.17, 15) is 9.59 Å². The first-order chi connectivity index (χ1) is 10.7. The second-order valence-corrected chi connectivity index (χ2v) is 4.98. The highest BCUT2D eigenvalue weighted by Crippen LogP contribution is 2.18. The molecule has 0 amide bonds. The van der Waals surface area contributed by atoms with Crippen LogP contribution < -0.4 is 4.74 Å². The maximum atomic E-state index is 12.4. The zero-order valence-corrected chi connectivity index (χ0v) is 12.1. The van der Waals surface area contributed by atoms with Crippen molar-refractivity contribution in [3.05, 3.63) is 66.2 Å². The number of hydrogen-bond acceptors (Lipinski definition) is 3. The zero-order chi connectivity index (χ0) is 15.8. The van der Waals surface area contributed by atoms with Crippen LogP contribution in [0.4, 0.5) is 0 Å². The molecule has 0 radical (unpaired) electrons. The molecule has 2 aromatic carbocycles. The Morgan fingerprint density at radius 2 is 1.55 bits per heavy atom. The van der Waals surface area contributed by atoms with E-state index in [-0.39, 0.29) is 12.2 Å². The van der Waals surface area contributed by atoms with Crippen LogP contribution >= 0.6 is 0 Å². The van der Waals surface area contributed by atoms with Crippen LogP contribution in [0.25, 0.3) is 0 Å². The highest BCUT2D eigenvalue weighted by Gasteiger charge is 2.22. The van der Waals surface area contributed by atoms with Crippen LogP contribution in [0, 0.1) is 5.92 Å². The van der Waals surface area contributed by atoms with Crippen molar-refractivity contribution in [2.24, 2.45) is 5.92 Å². The van der Waals surface area contributed by atoms with Crippen molar-refractivity contribution in [1.82, 2.24) is 0 Å². The summed E-state index contributed by atoms with van der Waals surface area (Å²) in [7, 11) is 0. The van der Waals surface area contributed by atoms with Crippen molar-refractivity contribution in [2.45, 2.75) is 12.8 Å². The molecule has 114 valence electrons. The lowest BCUT2D eigenvalue weighted by atomic mass is 9.92. The van der Waals surface area contributed by atoms with E-state index in [1.54, 1.807) is 24.3 Å². The van der Waals surface area contributed by atoms with E-state index in [2.05, 4.69) is 0 Å². The van der Waals surface area contributed by atoms with Gasteiger partial charge in [-0.2, -0.15) is 0 Å². The minimum atomic E-state index is -0.978. The number of aliphatic carboxylic acids is 1. The van der Waals surface area contributed by atoms with E-state index in [1.807, 2.05) is 36.4 Å². The monoisotopic (exact) mass is 298 g/mol. The van der Waals surface area contributed by atoms with E-state index in [0.29, 0.717) is 24.3 Å². The second kappa shape index (κ2) is 7.98. The molecule has 2 aromatic rings. The number of rotatable bonds is 8. The Balaban J connectivity index is 1.97. The molecule has 1 atom stereocenters. The van der Waals surface area contributed by atoms with Crippen molar-refractivity contribution in [2.75, 3.05) is 6.61 Å². The van der Waals surface area contributed by atoms with Gasteiger partial charge in [-0.1, -0.05) is 48.5 Å². The zero-order valence-electron chi connectivity index (χ0n) is 12.1. The molecule has 2 rings (SSSR count). The van der Waals surface area contributed by atoms with Gasteiger partial charge in [-0.25, -0.2) is 0 Å². The molecule has 1 unspecified atom stereocenters. The van der Waals surface area contributed by atoms with Crippen LogP contribution in [0.15, 0.2) is 60.7 Å². The van der Waals surface area contributed by atoms with Crippen LogP contribution in [0.1, 0.15) is 23.2 Å². The summed E-state index contributed by atoms with van der Waals surface area (Å²) in [6.45, 7) is 0.306. The molecule has 1 N–H and O–H groups in total. The third kappa shape index (κ3) is 4.74. The number of benzene rings is 2. The summed E-state index contributed by atoms with van der Waals surface area (Å²) in [5.41, 5.74) is 0.536. The van der Waals surface area contributed by atoms with E-state index in [1.165, 1.54) is 0 Å². The third-order valence-electron chi connectivity index (χ3n) is 3.33. The van der Waals surface area contributed by atoms with Crippen LogP contribution in [-0.4, -0.2) is 23.5 Å². The smallest absolute Gasteiger partial charge is 0.304 e. The fourth-order valence-electron chi connectivity index (χ4n) is 2.21. The van der Waals surface area contributed by atoms with Crippen molar-refractivity contribution in [1.29, 1.82) is 0 Å². The Labute approximate surface area is 129 Å². The number of carbonyl (C=O) groups excluding carboxylic acids is 1. The van der Waals surface area contributed by atoms with Crippen molar-refractivity contribution in [3.63, 3.8) is 0 Å². The van der Waals surface area contributed by atoms with Gasteiger partial charge in [-0.05, 0) is 18.6 Å². The highest BCUT2D eigenvalue weighted by atomic mass is 16.5. The van der Waals surface area contributed by atoms with Gasteiger partial charge < -0.3 is 9.84 Å². The normalized spacial score (nSPS) is 11.6. The number of ether oxygens (including phenoxy) is 1. The summed E-state index contributed by atoms with van der Waals surface area (Å²) in [5.74, 6) is -0.999. The van der Waals surface area contributed by atoms with Gasteiger partial charge >= 0.3 is 5.97 Å². The fourth-order valence-corrected chi connectivity index (χ4v) is 2.21. The molecular weight excluding hydrogens is 280 g/mol. The minimum absolute atomic E-state index is 0.153. The second-order valence-electron chi connectivity index (χ2n) is 4.98. The van der Waals surface area contributed by atoms with Gasteiger partial charge in [0.05, 0.1) is 13.0 Å². The molecule has 0 fully saturated rings. The van der Waals surface area contributed by atoms with Crippen LogP contribution in [0.5, 0.6) is 5.75 Å². The molecule has 0 saturated heterocycles. The molecular formula is C18H18O4. The van der Waals surface area contributed by atoms with E-state index in [4.69, 9.17) is 9.84 Å². The van der Waals surface area contributed by atoms with Crippen molar-refractivity contribution >= 4 is 11.8 Å². The summed E-state index contributed by atoms with van der Waals surface area (Å²) >= 11 is 0. The molecule has 22 heavy (non-hydrogen) atoms. The van der Waals surface area contributed by atoms with Crippen LogP contribution in [0.2, 0.25) is 0 Å². The predicted octanol–water partition coefficient (Wildman–Crippen LogP) is 3.43. The number of carbonyl (C=O) groups is 2. The number of Topliss-reactive ketones (excluding diaryl/α,β-unsaturated/α-hetero) is 1. The Morgan fingerprint density at radius 1 is 0.955 bits per heavy atom. The number of hydrogen-bond donors (Lipinski definition) is 1. The topological polar surface area (TPSA) is 63.6 Å². The summed E-state index contributed by atoms with van der Waals surface area (Å²) in [5, 5.41) is 9.00. The largest absolute Gasteiger partial charge is 0.494 e. The summed E-state index contributed by atoms with van der Waals surface area (Å²) < 4.78 is 5.56. The number of carboxylic acid groups (broad SMARTS) is 1. The maximum absolute atomic E-state index is 12.4. The average Bonchev–Trinajstić information content (AvgIpc) is 2.55. The van der Waals surface area contributed by atoms with Gasteiger partial charge in [0.1, 0.15) is 5.75 Å². The SMILES string of the molecule is O=C(O)CC(CCOc1ccccc1)C(=O)c1ccccc1. The lowest BCUT2D eigenvalue weighted by molar-refractivity contribution is -0.137. The number of para-hydroxylation sites is 1. The molecule has 0 aromatic heterocycles. The molecule has 0 heterocycles. The van der Waals surface area contributed by atoms with E-state index < -0.39 is 11.9 Å². The van der Waals surface area contributed by atoms with Crippen molar-refractivity contribution in [3.8, 4) is 5.75 Å². The van der Waals surface area contributed by atoms with Crippen molar-refractivity contribution < 1.29 is 19.4 Å². The van der Waals surface area contributed by atoms with E-state index >= 15 is 0 Å². The Kier molecular flexibility index (Phi) is 5.72. The van der Waals surface area contributed by atoms with Crippen LogP contribution in [-0.2, 0) is 4.79 Å². The van der Waals surface area contributed by atoms with Gasteiger partial charge in [-0.3, -0.25) is 9.59 Å². The van der Waals surface area contributed by atoms with Gasteiger partial charge in [-0.15, -0.1) is 0 Å². The van der Waals surface area contributed by atoms with E-state index in [0.717, 1.165) is 0 Å². The summed E-state index contributed by atoms with van der Waals surface area (Å²) in [6, 6.07) is 18.0. The van der Waals surface area contributed by atoms with Gasteiger partial charge in [0, 0.05) is 11.5 Å². The molecule has 0 aliphatic rings. The predicted molar refractivity (Wildman–Crippen MR) is 83.1 cm³/mol. The Morgan fingerprint density at radius 3 is 2.14 bits per heavy atom. The Bertz CT molecular complexity index is 607. The quantitative estimate of drug-likeness (QED) is 0.758. The molecule has 4 heteroatoms. The first kappa shape index (κ1) is 15.8. The first-order valence-electron chi connectivity index (χ1n) is 7.15. The standard InChI is InChI=1S/C18H18O4/c19-17(20)13-15(18(21)14-7-3-1-4-8-14)11-12-22-16-9-5-2-6-10-16/h1-10,15H,11-13H2,(H,19,20). The number of carboxylic acids is 1. The van der Waals surface area contributed by atoms with Gasteiger partial charge in [0.2, 0.25) is 0 Å². The molecule has 0 bridgehead atoms. The molecule has 0 spiro atoms. The first-order valence-corrected chi connectivity index (χ1v) is 7.15. The number of ketones is 1. The summed E-state index contributed by atoms with van der Waals surface area (Å²) in [6.07, 6.45) is 0.181.